The molecule has 1 heterocycles. The monoisotopic (exact) mass is 396 g/mol. The predicted octanol–water partition coefficient (Wildman–Crippen LogP) is 4.22. The number of aryl methyl sites for hydroxylation is 1. The molecule has 6 heteroatoms. The minimum Gasteiger partial charge on any atom is -0.347 e. The first kappa shape index (κ1) is 17.1. The topological polar surface area (TPSA) is 66.9 Å². The van der Waals surface area contributed by atoms with Gasteiger partial charge in [0.1, 0.15) is 17.8 Å². The van der Waals surface area contributed by atoms with E-state index < -0.39 is 0 Å². The van der Waals surface area contributed by atoms with Crippen LogP contribution >= 0.6 is 15.9 Å². The maximum atomic E-state index is 12.3. The molecule has 1 aromatic heterocycles. The quantitative estimate of drug-likeness (QED) is 0.677. The van der Waals surface area contributed by atoms with Gasteiger partial charge in [-0.15, -0.1) is 0 Å². The third-order valence-electron chi connectivity index (χ3n) is 3.58. The summed E-state index contributed by atoms with van der Waals surface area (Å²) in [4.78, 5) is 20.5. The van der Waals surface area contributed by atoms with Gasteiger partial charge in [0.15, 0.2) is 0 Å². The molecule has 25 heavy (non-hydrogen) atoms. The van der Waals surface area contributed by atoms with Crippen molar-refractivity contribution in [3.05, 3.63) is 82.2 Å². The van der Waals surface area contributed by atoms with Crippen LogP contribution in [-0.4, -0.2) is 15.9 Å². The minimum absolute atomic E-state index is 0.239. The molecule has 2 aromatic carbocycles. The lowest BCUT2D eigenvalue weighted by Crippen LogP contribution is -2.24. The van der Waals surface area contributed by atoms with E-state index in [2.05, 4.69) is 36.5 Å². The molecule has 5 nitrogen and oxygen atoms in total. The van der Waals surface area contributed by atoms with Gasteiger partial charge in [-0.25, -0.2) is 9.97 Å². The number of benzene rings is 2. The Balaban J connectivity index is 1.69. The molecule has 0 unspecified atom stereocenters. The molecule has 0 radical (unpaired) electrons. The number of rotatable bonds is 5. The van der Waals surface area contributed by atoms with Crippen LogP contribution in [0.15, 0.2) is 65.4 Å². The Bertz CT molecular complexity index is 884. The van der Waals surface area contributed by atoms with Crippen molar-refractivity contribution < 1.29 is 4.79 Å². The highest BCUT2D eigenvalue weighted by atomic mass is 79.9. The molecule has 0 saturated carbocycles. The molecule has 3 aromatic rings. The molecule has 0 aliphatic rings. The summed E-state index contributed by atoms with van der Waals surface area (Å²) in [6, 6.07) is 17.3. The first-order chi connectivity index (χ1) is 12.1. The summed E-state index contributed by atoms with van der Waals surface area (Å²) >= 11 is 3.52. The Kier molecular flexibility index (Phi) is 5.40. The Morgan fingerprint density at radius 1 is 1.08 bits per heavy atom. The fraction of sp³-hybridized carbons (Fsp3) is 0.105. The summed E-state index contributed by atoms with van der Waals surface area (Å²) in [7, 11) is 0. The number of aromatic nitrogens is 2. The van der Waals surface area contributed by atoms with Crippen LogP contribution in [0.25, 0.3) is 0 Å². The van der Waals surface area contributed by atoms with Gasteiger partial charge in [0.25, 0.3) is 5.91 Å². The molecule has 0 saturated heterocycles. The highest BCUT2D eigenvalue weighted by Crippen LogP contribution is 2.26. The first-order valence-electron chi connectivity index (χ1n) is 7.79. The number of amides is 1. The van der Waals surface area contributed by atoms with Crippen molar-refractivity contribution in [3.8, 4) is 0 Å². The Labute approximate surface area is 154 Å². The largest absolute Gasteiger partial charge is 0.347 e. The SMILES string of the molecule is Cc1ccc(Nc2cc(C(=O)NCc3ccccc3)ncn2)c(Br)c1. The van der Waals surface area contributed by atoms with Crippen molar-refractivity contribution in [2.45, 2.75) is 13.5 Å². The molecule has 1 amide bonds. The van der Waals surface area contributed by atoms with Gasteiger partial charge in [-0.1, -0.05) is 36.4 Å². The Hall–Kier alpha value is -2.73. The summed E-state index contributed by atoms with van der Waals surface area (Å²) in [5.74, 6) is 0.321. The van der Waals surface area contributed by atoms with Gasteiger partial charge in [0, 0.05) is 17.1 Å². The summed E-state index contributed by atoms with van der Waals surface area (Å²) in [5.41, 5.74) is 3.38. The smallest absolute Gasteiger partial charge is 0.270 e. The van der Waals surface area contributed by atoms with Gasteiger partial charge in [-0.05, 0) is 46.1 Å². The number of halogens is 1. The van der Waals surface area contributed by atoms with Crippen LogP contribution in [0.2, 0.25) is 0 Å². The lowest BCUT2D eigenvalue weighted by Gasteiger charge is -2.10. The molecular formula is C19H17BrN4O. The molecule has 0 spiro atoms. The van der Waals surface area contributed by atoms with Crippen LogP contribution in [-0.2, 0) is 6.54 Å². The van der Waals surface area contributed by atoms with E-state index in [0.717, 1.165) is 21.3 Å². The van der Waals surface area contributed by atoms with E-state index in [1.165, 1.54) is 6.33 Å². The van der Waals surface area contributed by atoms with Crippen molar-refractivity contribution in [1.29, 1.82) is 0 Å². The molecule has 3 rings (SSSR count). The van der Waals surface area contributed by atoms with Gasteiger partial charge in [-0.3, -0.25) is 4.79 Å². The van der Waals surface area contributed by atoms with E-state index in [1.54, 1.807) is 6.07 Å². The van der Waals surface area contributed by atoms with Crippen molar-refractivity contribution in [1.82, 2.24) is 15.3 Å². The zero-order chi connectivity index (χ0) is 17.6. The average Bonchev–Trinajstić information content (AvgIpc) is 2.63. The van der Waals surface area contributed by atoms with Gasteiger partial charge in [0.2, 0.25) is 0 Å². The van der Waals surface area contributed by atoms with Crippen molar-refractivity contribution in [2.24, 2.45) is 0 Å². The number of nitrogens with one attached hydrogen (secondary N) is 2. The van der Waals surface area contributed by atoms with Crippen LogP contribution in [0.5, 0.6) is 0 Å². The molecule has 0 fully saturated rings. The zero-order valence-corrected chi connectivity index (χ0v) is 15.2. The maximum Gasteiger partial charge on any atom is 0.270 e. The number of carbonyl (C=O) groups is 1. The Morgan fingerprint density at radius 3 is 2.64 bits per heavy atom. The molecule has 126 valence electrons. The van der Waals surface area contributed by atoms with Crippen LogP contribution in [0.1, 0.15) is 21.6 Å². The maximum absolute atomic E-state index is 12.3. The van der Waals surface area contributed by atoms with Crippen molar-refractivity contribution in [3.63, 3.8) is 0 Å². The number of anilines is 2. The average molecular weight is 397 g/mol. The van der Waals surface area contributed by atoms with Crippen LogP contribution < -0.4 is 10.6 Å². The van der Waals surface area contributed by atoms with E-state index >= 15 is 0 Å². The second-order valence-corrected chi connectivity index (χ2v) is 6.42. The van der Waals surface area contributed by atoms with Crippen molar-refractivity contribution >= 4 is 33.3 Å². The van der Waals surface area contributed by atoms with Crippen molar-refractivity contribution in [2.75, 3.05) is 5.32 Å². The lowest BCUT2D eigenvalue weighted by molar-refractivity contribution is 0.0946. The van der Waals surface area contributed by atoms with E-state index in [0.29, 0.717) is 18.1 Å². The second kappa shape index (κ2) is 7.90. The van der Waals surface area contributed by atoms with E-state index in [-0.39, 0.29) is 5.91 Å². The fourth-order valence-corrected chi connectivity index (χ4v) is 2.87. The summed E-state index contributed by atoms with van der Waals surface area (Å²) < 4.78 is 0.932. The zero-order valence-electron chi connectivity index (χ0n) is 13.7. The first-order valence-corrected chi connectivity index (χ1v) is 8.58. The molecular weight excluding hydrogens is 380 g/mol. The minimum atomic E-state index is -0.239. The van der Waals surface area contributed by atoms with Crippen LogP contribution in [0, 0.1) is 6.92 Å². The standard InChI is InChI=1S/C19H17BrN4O/c1-13-7-8-16(15(20)9-13)24-18-10-17(22-12-23-18)19(25)21-11-14-5-3-2-4-6-14/h2-10,12H,11H2,1H3,(H,21,25)(H,22,23,24). The highest BCUT2D eigenvalue weighted by molar-refractivity contribution is 9.10. The third kappa shape index (κ3) is 4.64. The number of carbonyl (C=O) groups excluding carboxylic acids is 1. The highest BCUT2D eigenvalue weighted by Gasteiger charge is 2.09. The molecule has 2 N–H and O–H groups in total. The molecule has 0 atom stereocenters. The van der Waals surface area contributed by atoms with Gasteiger partial charge < -0.3 is 10.6 Å². The number of hydrogen-bond acceptors (Lipinski definition) is 4. The van der Waals surface area contributed by atoms with Crippen LogP contribution in [0.4, 0.5) is 11.5 Å². The number of nitrogens with zero attached hydrogens (tertiary/aromatic N) is 2. The third-order valence-corrected chi connectivity index (χ3v) is 4.24. The molecule has 0 bridgehead atoms. The summed E-state index contributed by atoms with van der Waals surface area (Å²) in [6.45, 7) is 2.48. The molecule has 0 aliphatic carbocycles. The summed E-state index contributed by atoms with van der Waals surface area (Å²) in [5, 5.41) is 6.05. The predicted molar refractivity (Wildman–Crippen MR) is 102 cm³/mol. The van der Waals surface area contributed by atoms with Gasteiger partial charge >= 0.3 is 0 Å². The van der Waals surface area contributed by atoms with Crippen LogP contribution in [0.3, 0.4) is 0 Å². The number of hydrogen-bond donors (Lipinski definition) is 2. The van der Waals surface area contributed by atoms with E-state index in [1.807, 2.05) is 55.5 Å². The second-order valence-electron chi connectivity index (χ2n) is 5.57. The summed E-state index contributed by atoms with van der Waals surface area (Å²) in [6.07, 6.45) is 1.38. The molecule has 0 aliphatic heterocycles. The van der Waals surface area contributed by atoms with E-state index in [9.17, 15) is 4.79 Å². The fourth-order valence-electron chi connectivity index (χ4n) is 2.28. The van der Waals surface area contributed by atoms with E-state index in [4.69, 9.17) is 0 Å². The normalized spacial score (nSPS) is 10.3. The Morgan fingerprint density at radius 2 is 1.88 bits per heavy atom. The van der Waals surface area contributed by atoms with Gasteiger partial charge in [0.05, 0.1) is 5.69 Å². The van der Waals surface area contributed by atoms with Gasteiger partial charge in [-0.2, -0.15) is 0 Å². The lowest BCUT2D eigenvalue weighted by atomic mass is 10.2.